The summed E-state index contributed by atoms with van der Waals surface area (Å²) >= 11 is 3.47. The lowest BCUT2D eigenvalue weighted by Crippen LogP contribution is -2.17. The largest absolute Gasteiger partial charge is 0.493 e. The predicted octanol–water partition coefficient (Wildman–Crippen LogP) is 5.35. The fraction of sp³-hybridized carbons (Fsp3) is 0.200. The number of methoxy groups -OCH3 is 2. The minimum Gasteiger partial charge on any atom is -0.493 e. The number of hydrazone groups is 1. The van der Waals surface area contributed by atoms with E-state index in [1.165, 1.54) is 26.5 Å². The molecule has 3 aromatic rings. The summed E-state index contributed by atoms with van der Waals surface area (Å²) in [5.74, 6) is 1.11. The molecule has 178 valence electrons. The van der Waals surface area contributed by atoms with Gasteiger partial charge in [0.1, 0.15) is 12.4 Å². The van der Waals surface area contributed by atoms with Crippen LogP contribution in [0.1, 0.15) is 28.4 Å². The number of amides is 1. The summed E-state index contributed by atoms with van der Waals surface area (Å²) in [6.45, 7) is 2.29. The third-order valence-electron chi connectivity index (χ3n) is 4.69. The zero-order valence-electron chi connectivity index (χ0n) is 18.9. The second kappa shape index (κ2) is 12.0. The van der Waals surface area contributed by atoms with Crippen LogP contribution in [0.25, 0.3) is 0 Å². The summed E-state index contributed by atoms with van der Waals surface area (Å²) < 4.78 is 36.5. The first-order valence-corrected chi connectivity index (χ1v) is 11.1. The molecule has 9 heteroatoms. The Morgan fingerprint density at radius 2 is 1.79 bits per heavy atom. The fourth-order valence-electron chi connectivity index (χ4n) is 3.04. The van der Waals surface area contributed by atoms with Gasteiger partial charge < -0.3 is 18.9 Å². The van der Waals surface area contributed by atoms with Gasteiger partial charge in [-0.2, -0.15) is 5.10 Å². The Kier molecular flexibility index (Phi) is 8.86. The summed E-state index contributed by atoms with van der Waals surface area (Å²) in [7, 11) is 3.02. The highest BCUT2D eigenvalue weighted by molar-refractivity contribution is 9.10. The average molecular weight is 531 g/mol. The van der Waals surface area contributed by atoms with Crippen LogP contribution in [0.15, 0.2) is 64.2 Å². The van der Waals surface area contributed by atoms with Crippen LogP contribution < -0.4 is 24.4 Å². The molecule has 0 saturated heterocycles. The van der Waals surface area contributed by atoms with E-state index in [-0.39, 0.29) is 12.4 Å². The van der Waals surface area contributed by atoms with Crippen LogP contribution in [0.3, 0.4) is 0 Å². The zero-order chi connectivity index (χ0) is 24.5. The molecule has 0 aromatic heterocycles. The quantitative estimate of drug-likeness (QED) is 0.282. The van der Waals surface area contributed by atoms with Crippen molar-refractivity contribution in [1.82, 2.24) is 5.43 Å². The van der Waals surface area contributed by atoms with Gasteiger partial charge in [-0.1, -0.05) is 18.2 Å². The predicted molar refractivity (Wildman–Crippen MR) is 131 cm³/mol. The molecule has 0 aliphatic rings. The Hall–Kier alpha value is -3.59. The van der Waals surface area contributed by atoms with Crippen LogP contribution in [-0.4, -0.2) is 32.9 Å². The monoisotopic (exact) mass is 530 g/mol. The number of hydrogen-bond donors (Lipinski definition) is 1. The van der Waals surface area contributed by atoms with E-state index in [0.717, 1.165) is 0 Å². The van der Waals surface area contributed by atoms with Gasteiger partial charge in [0.05, 0.1) is 31.5 Å². The number of carbonyl (C=O) groups is 1. The first kappa shape index (κ1) is 25.0. The highest BCUT2D eigenvalue weighted by Gasteiger charge is 2.14. The van der Waals surface area contributed by atoms with Crippen LogP contribution in [0.2, 0.25) is 0 Å². The Bertz CT molecular complexity index is 1190. The second-order valence-corrected chi connectivity index (χ2v) is 7.77. The molecule has 0 spiro atoms. The first-order chi connectivity index (χ1) is 16.5. The SMILES string of the molecule is CCOc1cc(/C=N/NC(=O)c2ccc(OC)c(OC)c2)cc(Br)c1OCc1ccccc1F. The molecule has 0 atom stereocenters. The van der Waals surface area contributed by atoms with E-state index >= 15 is 0 Å². The zero-order valence-corrected chi connectivity index (χ0v) is 20.5. The average Bonchev–Trinajstić information content (AvgIpc) is 2.84. The number of nitrogens with zero attached hydrogens (tertiary/aromatic N) is 1. The Balaban J connectivity index is 1.73. The van der Waals surface area contributed by atoms with Crippen LogP contribution >= 0.6 is 15.9 Å². The van der Waals surface area contributed by atoms with Gasteiger partial charge in [-0.25, -0.2) is 9.82 Å². The molecular formula is C25H24BrFN2O5. The topological polar surface area (TPSA) is 78.4 Å². The number of ether oxygens (including phenoxy) is 4. The summed E-state index contributed by atoms with van der Waals surface area (Å²) in [4.78, 5) is 12.4. The second-order valence-electron chi connectivity index (χ2n) is 6.91. The molecule has 0 saturated carbocycles. The number of halogens is 2. The molecule has 1 amide bonds. The fourth-order valence-corrected chi connectivity index (χ4v) is 3.61. The number of carbonyl (C=O) groups excluding carboxylic acids is 1. The van der Waals surface area contributed by atoms with Crippen molar-refractivity contribution >= 4 is 28.1 Å². The number of benzene rings is 3. The number of rotatable bonds is 10. The van der Waals surface area contributed by atoms with E-state index in [1.54, 1.807) is 48.5 Å². The summed E-state index contributed by atoms with van der Waals surface area (Å²) in [5, 5.41) is 4.03. The van der Waals surface area contributed by atoms with Crippen molar-refractivity contribution < 1.29 is 28.1 Å². The third-order valence-corrected chi connectivity index (χ3v) is 5.28. The molecule has 0 aliphatic heterocycles. The standard InChI is InChI=1S/C25H24BrFN2O5/c1-4-33-23-12-16(11-19(26)24(23)34-15-18-7-5-6-8-20(18)27)14-28-29-25(30)17-9-10-21(31-2)22(13-17)32-3/h5-14H,4,15H2,1-3H3,(H,29,30)/b28-14+. The number of nitrogens with one attached hydrogen (secondary N) is 1. The Morgan fingerprint density at radius 1 is 1.03 bits per heavy atom. The molecule has 3 rings (SSSR count). The van der Waals surface area contributed by atoms with Crippen molar-refractivity contribution in [2.24, 2.45) is 5.10 Å². The van der Waals surface area contributed by atoms with Gasteiger partial charge in [0.2, 0.25) is 0 Å². The van der Waals surface area contributed by atoms with Crippen LogP contribution in [0, 0.1) is 5.82 Å². The van der Waals surface area contributed by atoms with E-state index in [2.05, 4.69) is 26.5 Å². The maximum Gasteiger partial charge on any atom is 0.271 e. The lowest BCUT2D eigenvalue weighted by Gasteiger charge is -2.15. The van der Waals surface area contributed by atoms with Crippen molar-refractivity contribution in [2.75, 3.05) is 20.8 Å². The normalized spacial score (nSPS) is 10.7. The molecule has 0 fully saturated rings. The minimum atomic E-state index is -0.411. The van der Waals surface area contributed by atoms with Gasteiger partial charge in [0.15, 0.2) is 23.0 Å². The van der Waals surface area contributed by atoms with Gasteiger partial charge in [-0.05, 0) is 64.8 Å². The van der Waals surface area contributed by atoms with Crippen LogP contribution in [-0.2, 0) is 6.61 Å². The lowest BCUT2D eigenvalue weighted by molar-refractivity contribution is 0.0954. The Morgan fingerprint density at radius 3 is 2.50 bits per heavy atom. The first-order valence-electron chi connectivity index (χ1n) is 10.3. The van der Waals surface area contributed by atoms with Gasteiger partial charge in [0.25, 0.3) is 5.91 Å². The van der Waals surface area contributed by atoms with Gasteiger partial charge >= 0.3 is 0 Å². The smallest absolute Gasteiger partial charge is 0.271 e. The maximum atomic E-state index is 13.9. The molecule has 1 N–H and O–H groups in total. The highest BCUT2D eigenvalue weighted by Crippen LogP contribution is 2.37. The van der Waals surface area contributed by atoms with Crippen molar-refractivity contribution in [3.63, 3.8) is 0 Å². The van der Waals surface area contributed by atoms with Gasteiger partial charge in [-0.3, -0.25) is 4.79 Å². The summed E-state index contributed by atoms with van der Waals surface area (Å²) in [6.07, 6.45) is 1.48. The minimum absolute atomic E-state index is 0.0418. The molecular weight excluding hydrogens is 507 g/mol. The molecule has 0 aliphatic carbocycles. The van der Waals surface area contributed by atoms with Crippen LogP contribution in [0.5, 0.6) is 23.0 Å². The Labute approximate surface area is 205 Å². The molecule has 3 aromatic carbocycles. The molecule has 0 radical (unpaired) electrons. The van der Waals surface area contributed by atoms with E-state index in [1.807, 2.05) is 6.92 Å². The van der Waals surface area contributed by atoms with Gasteiger partial charge in [-0.15, -0.1) is 0 Å². The third kappa shape index (κ3) is 6.26. The lowest BCUT2D eigenvalue weighted by atomic mass is 10.2. The maximum absolute atomic E-state index is 13.9. The van der Waals surface area contributed by atoms with E-state index in [4.69, 9.17) is 18.9 Å². The molecule has 0 bridgehead atoms. The summed E-state index contributed by atoms with van der Waals surface area (Å²) in [6, 6.07) is 14.7. The molecule has 0 heterocycles. The van der Waals surface area contributed by atoms with Gasteiger partial charge in [0, 0.05) is 11.1 Å². The highest BCUT2D eigenvalue weighted by atomic mass is 79.9. The summed E-state index contributed by atoms with van der Waals surface area (Å²) in [5.41, 5.74) is 3.93. The van der Waals surface area contributed by atoms with Crippen molar-refractivity contribution in [3.8, 4) is 23.0 Å². The van der Waals surface area contributed by atoms with E-state index in [0.29, 0.717) is 50.8 Å². The van der Waals surface area contributed by atoms with E-state index in [9.17, 15) is 9.18 Å². The number of hydrogen-bond acceptors (Lipinski definition) is 6. The van der Waals surface area contributed by atoms with Crippen LogP contribution in [0.4, 0.5) is 4.39 Å². The molecule has 0 unspecified atom stereocenters. The molecule has 7 nitrogen and oxygen atoms in total. The van der Waals surface area contributed by atoms with E-state index < -0.39 is 5.91 Å². The van der Waals surface area contributed by atoms with Crippen molar-refractivity contribution in [1.29, 1.82) is 0 Å². The van der Waals surface area contributed by atoms with Crippen molar-refractivity contribution in [3.05, 3.63) is 81.6 Å². The molecule has 34 heavy (non-hydrogen) atoms. The van der Waals surface area contributed by atoms with Crippen molar-refractivity contribution in [2.45, 2.75) is 13.5 Å².